The van der Waals surface area contributed by atoms with Crippen molar-refractivity contribution in [1.29, 1.82) is 0 Å². The fraction of sp³-hybridized carbons (Fsp3) is 0.211. The summed E-state index contributed by atoms with van der Waals surface area (Å²) in [6.45, 7) is 5.46. The first-order valence-electron chi connectivity index (χ1n) is 7.83. The van der Waals surface area contributed by atoms with Gasteiger partial charge in [-0.05, 0) is 51.1 Å². The Morgan fingerprint density at radius 2 is 1.96 bits per heavy atom. The first kappa shape index (κ1) is 17.4. The van der Waals surface area contributed by atoms with Gasteiger partial charge in [-0.3, -0.25) is 10.3 Å². The number of benzene rings is 1. The predicted octanol–water partition coefficient (Wildman–Crippen LogP) is 5.41. The molecule has 0 aliphatic rings. The fourth-order valence-electron chi connectivity index (χ4n) is 2.35. The summed E-state index contributed by atoms with van der Waals surface area (Å²) in [5.41, 5.74) is 3.09. The molecule has 0 atom stereocenters. The Morgan fingerprint density at radius 1 is 1.16 bits per heavy atom. The van der Waals surface area contributed by atoms with E-state index in [0.29, 0.717) is 16.7 Å². The number of hydrogen-bond acceptors (Lipinski definition) is 4. The second-order valence-electron chi connectivity index (χ2n) is 6.56. The van der Waals surface area contributed by atoms with Gasteiger partial charge in [0.2, 0.25) is 0 Å². The van der Waals surface area contributed by atoms with E-state index < -0.39 is 11.7 Å². The first-order valence-corrected chi connectivity index (χ1v) is 8.63. The van der Waals surface area contributed by atoms with Gasteiger partial charge in [0.15, 0.2) is 0 Å². The molecule has 6 heteroatoms. The van der Waals surface area contributed by atoms with Crippen LogP contribution in [0.4, 0.5) is 10.5 Å². The maximum Gasteiger partial charge on any atom is 0.412 e. The molecule has 0 fully saturated rings. The molecule has 0 unspecified atom stereocenters. The molecular formula is C19H18BrN3O2. The third-order valence-electron chi connectivity index (χ3n) is 3.34. The van der Waals surface area contributed by atoms with Crippen molar-refractivity contribution in [3.63, 3.8) is 0 Å². The lowest BCUT2D eigenvalue weighted by Gasteiger charge is -2.20. The molecule has 1 amide bonds. The fourth-order valence-corrected chi connectivity index (χ4v) is 2.75. The quantitative estimate of drug-likeness (QED) is 0.625. The Balaban J connectivity index is 1.99. The van der Waals surface area contributed by atoms with Crippen LogP contribution in [0.15, 0.2) is 53.1 Å². The van der Waals surface area contributed by atoms with Crippen molar-refractivity contribution in [1.82, 2.24) is 9.97 Å². The normalized spacial score (nSPS) is 11.4. The first-order chi connectivity index (χ1) is 11.8. The smallest absolute Gasteiger partial charge is 0.412 e. The maximum atomic E-state index is 12.1. The molecule has 1 N–H and O–H groups in total. The van der Waals surface area contributed by atoms with Crippen molar-refractivity contribution in [3.05, 3.63) is 53.1 Å². The monoisotopic (exact) mass is 399 g/mol. The highest BCUT2D eigenvalue weighted by atomic mass is 79.9. The highest BCUT2D eigenvalue weighted by molar-refractivity contribution is 9.10. The van der Waals surface area contributed by atoms with Crippen LogP contribution in [0.2, 0.25) is 0 Å². The minimum Gasteiger partial charge on any atom is -0.444 e. The maximum absolute atomic E-state index is 12.1. The van der Waals surface area contributed by atoms with E-state index in [4.69, 9.17) is 4.74 Å². The topological polar surface area (TPSA) is 64.1 Å². The van der Waals surface area contributed by atoms with E-state index in [-0.39, 0.29) is 0 Å². The van der Waals surface area contributed by atoms with Gasteiger partial charge < -0.3 is 4.74 Å². The van der Waals surface area contributed by atoms with E-state index in [1.807, 2.05) is 57.2 Å². The number of aromatic nitrogens is 2. The summed E-state index contributed by atoms with van der Waals surface area (Å²) in [4.78, 5) is 21.1. The van der Waals surface area contributed by atoms with E-state index in [0.717, 1.165) is 15.7 Å². The highest BCUT2D eigenvalue weighted by Gasteiger charge is 2.17. The molecule has 0 bridgehead atoms. The number of nitrogens with one attached hydrogen (secondary N) is 1. The largest absolute Gasteiger partial charge is 0.444 e. The summed E-state index contributed by atoms with van der Waals surface area (Å²) in [5.74, 6) is 0. The number of ether oxygens (including phenoxy) is 1. The average Bonchev–Trinajstić information content (AvgIpc) is 2.53. The molecule has 3 aromatic rings. The summed E-state index contributed by atoms with van der Waals surface area (Å²) in [7, 11) is 0. The van der Waals surface area contributed by atoms with Crippen molar-refractivity contribution >= 4 is 38.7 Å². The zero-order valence-electron chi connectivity index (χ0n) is 14.2. The molecule has 25 heavy (non-hydrogen) atoms. The summed E-state index contributed by atoms with van der Waals surface area (Å²) >= 11 is 3.47. The Labute approximate surface area is 154 Å². The molecule has 0 spiro atoms. The second kappa shape index (κ2) is 6.80. The van der Waals surface area contributed by atoms with Crippen molar-refractivity contribution in [2.24, 2.45) is 0 Å². The lowest BCUT2D eigenvalue weighted by molar-refractivity contribution is 0.0636. The molecule has 0 saturated carbocycles. The van der Waals surface area contributed by atoms with E-state index in [2.05, 4.69) is 31.2 Å². The Morgan fingerprint density at radius 3 is 2.68 bits per heavy atom. The van der Waals surface area contributed by atoms with Crippen LogP contribution < -0.4 is 5.32 Å². The van der Waals surface area contributed by atoms with Gasteiger partial charge in [-0.15, -0.1) is 0 Å². The van der Waals surface area contributed by atoms with Crippen LogP contribution in [0.3, 0.4) is 0 Å². The van der Waals surface area contributed by atoms with Crippen LogP contribution in [0.5, 0.6) is 0 Å². The van der Waals surface area contributed by atoms with Gasteiger partial charge in [0.25, 0.3) is 0 Å². The van der Waals surface area contributed by atoms with Crippen LogP contribution in [0.25, 0.3) is 22.3 Å². The number of anilines is 1. The number of halogens is 1. The molecule has 2 heterocycles. The molecule has 128 valence electrons. The molecule has 0 saturated heterocycles. The SMILES string of the molecule is CC(C)(C)OC(=O)Nc1ccnc2ccc(-c3cccc(Br)c3)nc12. The van der Waals surface area contributed by atoms with E-state index in [1.165, 1.54) is 0 Å². The summed E-state index contributed by atoms with van der Waals surface area (Å²) in [6.07, 6.45) is 1.12. The lowest BCUT2D eigenvalue weighted by atomic mass is 10.1. The zero-order chi connectivity index (χ0) is 18.0. The number of amides is 1. The number of nitrogens with zero attached hydrogens (tertiary/aromatic N) is 2. The number of carbonyl (C=O) groups is 1. The standard InChI is InChI=1S/C19H18BrN3O2/c1-19(2,3)25-18(24)23-16-9-10-21-15-8-7-14(22-17(15)16)12-5-4-6-13(20)11-12/h4-11H,1-3H3,(H,21,23,24). The lowest BCUT2D eigenvalue weighted by Crippen LogP contribution is -2.27. The van der Waals surface area contributed by atoms with Crippen LogP contribution in [-0.2, 0) is 4.74 Å². The summed E-state index contributed by atoms with van der Waals surface area (Å²) in [6, 6.07) is 13.4. The predicted molar refractivity (Wildman–Crippen MR) is 103 cm³/mol. The van der Waals surface area contributed by atoms with Crippen molar-refractivity contribution in [2.45, 2.75) is 26.4 Å². The highest BCUT2D eigenvalue weighted by Crippen LogP contribution is 2.26. The average molecular weight is 400 g/mol. The molecule has 5 nitrogen and oxygen atoms in total. The number of hydrogen-bond donors (Lipinski definition) is 1. The minimum absolute atomic E-state index is 0.519. The van der Waals surface area contributed by atoms with Crippen LogP contribution in [0.1, 0.15) is 20.8 Å². The number of fused-ring (bicyclic) bond motifs is 1. The number of pyridine rings is 2. The zero-order valence-corrected chi connectivity index (χ0v) is 15.8. The van der Waals surface area contributed by atoms with Crippen molar-refractivity contribution in [2.75, 3.05) is 5.32 Å². The van der Waals surface area contributed by atoms with E-state index in [9.17, 15) is 4.79 Å². The van der Waals surface area contributed by atoms with Gasteiger partial charge >= 0.3 is 6.09 Å². The second-order valence-corrected chi connectivity index (χ2v) is 7.48. The Kier molecular flexibility index (Phi) is 4.72. The number of rotatable bonds is 2. The molecule has 0 aliphatic carbocycles. The molecule has 0 aliphatic heterocycles. The van der Waals surface area contributed by atoms with E-state index >= 15 is 0 Å². The molecule has 2 aromatic heterocycles. The Hall–Kier alpha value is -2.47. The van der Waals surface area contributed by atoms with Gasteiger partial charge in [0.1, 0.15) is 11.1 Å². The Bertz CT molecular complexity index is 935. The molecule has 0 radical (unpaired) electrons. The van der Waals surface area contributed by atoms with Crippen LogP contribution >= 0.6 is 15.9 Å². The van der Waals surface area contributed by atoms with E-state index in [1.54, 1.807) is 12.3 Å². The summed E-state index contributed by atoms with van der Waals surface area (Å²) < 4.78 is 6.29. The van der Waals surface area contributed by atoms with Crippen molar-refractivity contribution < 1.29 is 9.53 Å². The van der Waals surface area contributed by atoms with Crippen LogP contribution in [-0.4, -0.2) is 21.7 Å². The molecule has 1 aromatic carbocycles. The van der Waals surface area contributed by atoms with Gasteiger partial charge in [-0.2, -0.15) is 0 Å². The van der Waals surface area contributed by atoms with Gasteiger partial charge in [-0.25, -0.2) is 9.78 Å². The third kappa shape index (κ3) is 4.33. The van der Waals surface area contributed by atoms with Crippen molar-refractivity contribution in [3.8, 4) is 11.3 Å². The number of carbonyl (C=O) groups excluding carboxylic acids is 1. The van der Waals surface area contributed by atoms with Gasteiger partial charge in [0.05, 0.1) is 16.9 Å². The summed E-state index contributed by atoms with van der Waals surface area (Å²) in [5, 5.41) is 2.76. The van der Waals surface area contributed by atoms with Gasteiger partial charge in [-0.1, -0.05) is 28.1 Å². The van der Waals surface area contributed by atoms with Crippen LogP contribution in [0, 0.1) is 0 Å². The molecule has 3 rings (SSSR count). The third-order valence-corrected chi connectivity index (χ3v) is 3.83. The minimum atomic E-state index is -0.568. The molecular weight excluding hydrogens is 382 g/mol. The van der Waals surface area contributed by atoms with Gasteiger partial charge in [0, 0.05) is 16.2 Å².